The number of hydrogen-bond donors (Lipinski definition) is 1. The summed E-state index contributed by atoms with van der Waals surface area (Å²) in [5.41, 5.74) is 2.15. The van der Waals surface area contributed by atoms with Gasteiger partial charge >= 0.3 is 0 Å². The van der Waals surface area contributed by atoms with Gasteiger partial charge in [0.05, 0.1) is 18.0 Å². The SMILES string of the molecule is C=CCC1=NN=C(CNC=C)C1. The first-order valence-electron chi connectivity index (χ1n) is 3.93. The number of nitrogens with one attached hydrogen (secondary N) is 1. The summed E-state index contributed by atoms with van der Waals surface area (Å²) in [6, 6.07) is 0. The van der Waals surface area contributed by atoms with Crippen LogP contribution in [0.5, 0.6) is 0 Å². The Bertz CT molecular complexity index is 238. The highest BCUT2D eigenvalue weighted by Gasteiger charge is 2.09. The molecule has 0 bridgehead atoms. The molecule has 0 spiro atoms. The highest BCUT2D eigenvalue weighted by Crippen LogP contribution is 2.05. The van der Waals surface area contributed by atoms with Gasteiger partial charge in [0.25, 0.3) is 0 Å². The maximum Gasteiger partial charge on any atom is 0.0653 e. The van der Waals surface area contributed by atoms with Gasteiger partial charge in [-0.1, -0.05) is 12.7 Å². The lowest BCUT2D eigenvalue weighted by atomic mass is 10.1. The molecule has 0 amide bonds. The van der Waals surface area contributed by atoms with Crippen molar-refractivity contribution in [1.29, 1.82) is 0 Å². The van der Waals surface area contributed by atoms with E-state index < -0.39 is 0 Å². The van der Waals surface area contributed by atoms with Gasteiger partial charge in [0.1, 0.15) is 0 Å². The van der Waals surface area contributed by atoms with Crippen LogP contribution >= 0.6 is 0 Å². The van der Waals surface area contributed by atoms with E-state index in [2.05, 4.69) is 28.7 Å². The molecule has 3 nitrogen and oxygen atoms in total. The van der Waals surface area contributed by atoms with Gasteiger partial charge in [-0.3, -0.25) is 0 Å². The second-order valence-corrected chi connectivity index (χ2v) is 2.59. The molecule has 1 aliphatic heterocycles. The van der Waals surface area contributed by atoms with Gasteiger partial charge in [0, 0.05) is 12.8 Å². The fourth-order valence-electron chi connectivity index (χ4n) is 1.02. The zero-order valence-electron chi connectivity index (χ0n) is 7.08. The largest absolute Gasteiger partial charge is 0.386 e. The molecule has 0 radical (unpaired) electrons. The van der Waals surface area contributed by atoms with E-state index in [0.29, 0.717) is 0 Å². The minimum absolute atomic E-state index is 0.744. The highest BCUT2D eigenvalue weighted by atomic mass is 15.2. The van der Waals surface area contributed by atoms with E-state index in [1.165, 1.54) is 0 Å². The molecule has 12 heavy (non-hydrogen) atoms. The Hall–Kier alpha value is -1.38. The van der Waals surface area contributed by atoms with Crippen LogP contribution in [0.1, 0.15) is 12.8 Å². The first kappa shape index (κ1) is 8.71. The third-order valence-electron chi connectivity index (χ3n) is 1.57. The van der Waals surface area contributed by atoms with Crippen molar-refractivity contribution in [3.63, 3.8) is 0 Å². The summed E-state index contributed by atoms with van der Waals surface area (Å²) in [5, 5.41) is 11.0. The molecule has 0 saturated carbocycles. The third kappa shape index (κ3) is 2.34. The normalized spacial score (nSPS) is 15.0. The first-order chi connectivity index (χ1) is 5.86. The molecule has 0 aromatic carbocycles. The minimum Gasteiger partial charge on any atom is -0.386 e. The molecule has 0 aromatic heterocycles. The van der Waals surface area contributed by atoms with E-state index in [4.69, 9.17) is 0 Å². The molecular formula is C9H13N3. The molecule has 1 N–H and O–H groups in total. The van der Waals surface area contributed by atoms with Gasteiger partial charge in [-0.05, 0) is 6.20 Å². The summed E-state index contributed by atoms with van der Waals surface area (Å²) < 4.78 is 0. The molecule has 1 heterocycles. The third-order valence-corrected chi connectivity index (χ3v) is 1.57. The van der Waals surface area contributed by atoms with Crippen LogP contribution in [0, 0.1) is 0 Å². The molecule has 0 unspecified atom stereocenters. The van der Waals surface area contributed by atoms with Crippen LogP contribution in [0.4, 0.5) is 0 Å². The van der Waals surface area contributed by atoms with Crippen LogP contribution in [-0.4, -0.2) is 18.0 Å². The Morgan fingerprint density at radius 2 is 2.08 bits per heavy atom. The molecule has 0 aromatic rings. The van der Waals surface area contributed by atoms with Crippen LogP contribution in [0.25, 0.3) is 0 Å². The predicted octanol–water partition coefficient (Wildman–Crippen LogP) is 1.50. The lowest BCUT2D eigenvalue weighted by molar-refractivity contribution is 1.01. The summed E-state index contributed by atoms with van der Waals surface area (Å²) in [7, 11) is 0. The second-order valence-electron chi connectivity index (χ2n) is 2.59. The van der Waals surface area contributed by atoms with E-state index in [1.54, 1.807) is 6.20 Å². The molecule has 0 aliphatic carbocycles. The maximum absolute atomic E-state index is 4.02. The smallest absolute Gasteiger partial charge is 0.0653 e. The van der Waals surface area contributed by atoms with Crippen LogP contribution in [-0.2, 0) is 0 Å². The zero-order valence-corrected chi connectivity index (χ0v) is 7.08. The minimum atomic E-state index is 0.744. The number of rotatable bonds is 5. The van der Waals surface area contributed by atoms with Crippen molar-refractivity contribution in [2.75, 3.05) is 6.54 Å². The standard InChI is InChI=1S/C9H13N3/c1-3-5-8-6-9(12-11-8)7-10-4-2/h3-4,10H,1-2,5-7H2. The van der Waals surface area contributed by atoms with Crippen molar-refractivity contribution in [3.05, 3.63) is 25.4 Å². The van der Waals surface area contributed by atoms with E-state index in [-0.39, 0.29) is 0 Å². The quantitative estimate of drug-likeness (QED) is 0.612. The van der Waals surface area contributed by atoms with Gasteiger partial charge in [0.2, 0.25) is 0 Å². The lowest BCUT2D eigenvalue weighted by Crippen LogP contribution is -2.17. The van der Waals surface area contributed by atoms with Crippen LogP contribution < -0.4 is 5.32 Å². The van der Waals surface area contributed by atoms with Crippen molar-refractivity contribution in [3.8, 4) is 0 Å². The van der Waals surface area contributed by atoms with Crippen molar-refractivity contribution in [2.45, 2.75) is 12.8 Å². The number of hydrogen-bond acceptors (Lipinski definition) is 3. The summed E-state index contributed by atoms with van der Waals surface area (Å²) in [4.78, 5) is 0. The highest BCUT2D eigenvalue weighted by molar-refractivity contribution is 6.08. The van der Waals surface area contributed by atoms with Crippen molar-refractivity contribution < 1.29 is 0 Å². The van der Waals surface area contributed by atoms with Crippen LogP contribution in [0.15, 0.2) is 35.6 Å². The predicted molar refractivity (Wildman–Crippen MR) is 52.5 cm³/mol. The van der Waals surface area contributed by atoms with Crippen LogP contribution in [0.3, 0.4) is 0 Å². The van der Waals surface area contributed by atoms with Gasteiger partial charge in [-0.2, -0.15) is 10.2 Å². The van der Waals surface area contributed by atoms with Crippen molar-refractivity contribution in [2.24, 2.45) is 10.2 Å². The Kier molecular flexibility index (Phi) is 3.26. The monoisotopic (exact) mass is 163 g/mol. The molecular weight excluding hydrogens is 150 g/mol. The van der Waals surface area contributed by atoms with Crippen molar-refractivity contribution in [1.82, 2.24) is 5.32 Å². The van der Waals surface area contributed by atoms with E-state index in [1.807, 2.05) is 6.08 Å². The molecule has 1 aliphatic rings. The van der Waals surface area contributed by atoms with Gasteiger partial charge < -0.3 is 5.32 Å². The van der Waals surface area contributed by atoms with Crippen LogP contribution in [0.2, 0.25) is 0 Å². The molecule has 64 valence electrons. The second kappa shape index (κ2) is 4.49. The molecule has 0 saturated heterocycles. The molecule has 0 atom stereocenters. The molecule has 3 heteroatoms. The topological polar surface area (TPSA) is 36.8 Å². The number of allylic oxidation sites excluding steroid dienone is 1. The number of nitrogens with zero attached hydrogens (tertiary/aromatic N) is 2. The van der Waals surface area contributed by atoms with Gasteiger partial charge in [-0.15, -0.1) is 6.58 Å². The van der Waals surface area contributed by atoms with Gasteiger partial charge in [-0.25, -0.2) is 0 Å². The van der Waals surface area contributed by atoms with Gasteiger partial charge in [0.15, 0.2) is 0 Å². The summed E-state index contributed by atoms with van der Waals surface area (Å²) in [6.07, 6.45) is 5.21. The zero-order chi connectivity index (χ0) is 8.81. The van der Waals surface area contributed by atoms with Crippen molar-refractivity contribution >= 4 is 11.4 Å². The summed E-state index contributed by atoms with van der Waals surface area (Å²) in [6.45, 7) is 7.95. The Morgan fingerprint density at radius 1 is 1.33 bits per heavy atom. The average molecular weight is 163 g/mol. The summed E-state index contributed by atoms with van der Waals surface area (Å²) >= 11 is 0. The Morgan fingerprint density at radius 3 is 2.75 bits per heavy atom. The first-order valence-corrected chi connectivity index (χ1v) is 3.93. The molecule has 0 fully saturated rings. The molecule has 1 rings (SSSR count). The maximum atomic E-state index is 4.02. The van der Waals surface area contributed by atoms with E-state index in [9.17, 15) is 0 Å². The lowest BCUT2D eigenvalue weighted by Gasteiger charge is -1.98. The summed E-state index contributed by atoms with van der Waals surface area (Å²) in [5.74, 6) is 0. The Labute approximate surface area is 72.6 Å². The van der Waals surface area contributed by atoms with E-state index >= 15 is 0 Å². The fourth-order valence-corrected chi connectivity index (χ4v) is 1.02. The average Bonchev–Trinajstić information content (AvgIpc) is 2.50. The van der Waals surface area contributed by atoms with E-state index in [0.717, 1.165) is 30.8 Å². The Balaban J connectivity index is 2.29. The fraction of sp³-hybridized carbons (Fsp3) is 0.333.